The lowest BCUT2D eigenvalue weighted by atomic mass is 9.99. The van der Waals surface area contributed by atoms with Gasteiger partial charge in [-0.1, -0.05) is 6.92 Å². The summed E-state index contributed by atoms with van der Waals surface area (Å²) in [7, 11) is 1.94. The molecule has 1 aliphatic rings. The van der Waals surface area contributed by atoms with Crippen LogP contribution in [-0.2, 0) is 13.7 Å². The molecule has 1 aromatic carbocycles. The lowest BCUT2D eigenvalue weighted by molar-refractivity contribution is 0.0917. The molecule has 6 nitrogen and oxygen atoms in total. The van der Waals surface area contributed by atoms with Crippen LogP contribution in [0.4, 0.5) is 0 Å². The molecule has 0 bridgehead atoms. The Morgan fingerprint density at radius 2 is 2.15 bits per heavy atom. The van der Waals surface area contributed by atoms with Crippen LogP contribution in [0.3, 0.4) is 0 Å². The van der Waals surface area contributed by atoms with Gasteiger partial charge in [0.2, 0.25) is 0 Å². The van der Waals surface area contributed by atoms with Gasteiger partial charge in [0.15, 0.2) is 0 Å². The summed E-state index contributed by atoms with van der Waals surface area (Å²) in [6, 6.07) is 7.62. The third kappa shape index (κ3) is 5.32. The number of piperidine rings is 1. The van der Waals surface area contributed by atoms with Gasteiger partial charge < -0.3 is 14.6 Å². The van der Waals surface area contributed by atoms with Crippen molar-refractivity contribution in [3.63, 3.8) is 0 Å². The quantitative estimate of drug-likeness (QED) is 0.814. The molecule has 2 heterocycles. The number of ether oxygens (including phenoxy) is 1. The van der Waals surface area contributed by atoms with Crippen molar-refractivity contribution in [2.75, 3.05) is 19.6 Å². The van der Waals surface area contributed by atoms with Crippen molar-refractivity contribution in [3.05, 3.63) is 48.0 Å². The first-order valence-corrected chi connectivity index (χ1v) is 9.74. The molecule has 0 spiro atoms. The fourth-order valence-electron chi connectivity index (χ4n) is 3.48. The number of nitrogens with one attached hydrogen (secondary N) is 1. The van der Waals surface area contributed by atoms with Gasteiger partial charge >= 0.3 is 0 Å². The number of carbonyl (C=O) groups is 1. The Morgan fingerprint density at radius 1 is 1.37 bits per heavy atom. The van der Waals surface area contributed by atoms with E-state index in [0.717, 1.165) is 30.6 Å². The zero-order chi connectivity index (χ0) is 19.2. The van der Waals surface area contributed by atoms with Gasteiger partial charge in [0.1, 0.15) is 18.2 Å². The van der Waals surface area contributed by atoms with Crippen molar-refractivity contribution < 1.29 is 9.53 Å². The van der Waals surface area contributed by atoms with Crippen molar-refractivity contribution in [2.24, 2.45) is 13.0 Å². The monoisotopic (exact) mass is 370 g/mol. The van der Waals surface area contributed by atoms with E-state index in [2.05, 4.69) is 29.0 Å². The zero-order valence-corrected chi connectivity index (χ0v) is 16.5. The SMILES string of the molecule is C[C@H]1CCCN([C@@H](C)CNC(=O)c2ccc(OCc3nccn3C)cc2)C1. The van der Waals surface area contributed by atoms with Gasteiger partial charge in [0.25, 0.3) is 5.91 Å². The highest BCUT2D eigenvalue weighted by Gasteiger charge is 2.21. The lowest BCUT2D eigenvalue weighted by Crippen LogP contribution is -2.46. The van der Waals surface area contributed by atoms with Crippen LogP contribution < -0.4 is 10.1 Å². The van der Waals surface area contributed by atoms with E-state index < -0.39 is 0 Å². The van der Waals surface area contributed by atoms with Gasteiger partial charge in [0.05, 0.1) is 0 Å². The number of aryl methyl sites for hydroxylation is 1. The van der Waals surface area contributed by atoms with Crippen LogP contribution in [0.25, 0.3) is 0 Å². The molecule has 2 atom stereocenters. The molecular weight excluding hydrogens is 340 g/mol. The fourth-order valence-corrected chi connectivity index (χ4v) is 3.48. The van der Waals surface area contributed by atoms with E-state index in [-0.39, 0.29) is 5.91 Å². The molecule has 0 unspecified atom stereocenters. The average Bonchev–Trinajstić information content (AvgIpc) is 3.09. The first-order chi connectivity index (χ1) is 13.0. The van der Waals surface area contributed by atoms with Gasteiger partial charge in [-0.3, -0.25) is 9.69 Å². The second-order valence-electron chi connectivity index (χ2n) is 7.57. The molecule has 2 aromatic rings. The number of hydrogen-bond acceptors (Lipinski definition) is 4. The van der Waals surface area contributed by atoms with E-state index in [0.29, 0.717) is 24.8 Å². The standard InChI is InChI=1S/C21H30N4O2/c1-16-5-4-11-25(14-16)17(2)13-23-21(26)18-6-8-19(9-7-18)27-15-20-22-10-12-24(20)3/h6-10,12,16-17H,4-5,11,13-15H2,1-3H3,(H,23,26)/t16-,17-/m0/s1. The van der Waals surface area contributed by atoms with Gasteiger partial charge in [-0.2, -0.15) is 0 Å². The predicted octanol–water partition coefficient (Wildman–Crippen LogP) is 2.85. The smallest absolute Gasteiger partial charge is 0.251 e. The summed E-state index contributed by atoms with van der Waals surface area (Å²) >= 11 is 0. The highest BCUT2D eigenvalue weighted by Crippen LogP contribution is 2.17. The van der Waals surface area contributed by atoms with E-state index in [1.54, 1.807) is 18.3 Å². The summed E-state index contributed by atoms with van der Waals surface area (Å²) in [5.41, 5.74) is 0.651. The van der Waals surface area contributed by atoms with Crippen LogP contribution in [0.15, 0.2) is 36.7 Å². The Balaban J connectivity index is 1.46. The summed E-state index contributed by atoms with van der Waals surface area (Å²) in [6.07, 6.45) is 6.19. The summed E-state index contributed by atoms with van der Waals surface area (Å²) in [4.78, 5) is 19.1. The van der Waals surface area contributed by atoms with Crippen molar-refractivity contribution in [3.8, 4) is 5.75 Å². The van der Waals surface area contributed by atoms with Crippen LogP contribution in [0.5, 0.6) is 5.75 Å². The molecule has 1 aromatic heterocycles. The number of nitrogens with zero attached hydrogens (tertiary/aromatic N) is 3. The van der Waals surface area contributed by atoms with Gasteiger partial charge in [-0.15, -0.1) is 0 Å². The molecule has 1 amide bonds. The van der Waals surface area contributed by atoms with Crippen molar-refractivity contribution in [1.82, 2.24) is 19.8 Å². The molecule has 0 saturated carbocycles. The summed E-state index contributed by atoms with van der Waals surface area (Å²) in [5.74, 6) is 2.29. The molecule has 1 aliphatic heterocycles. The van der Waals surface area contributed by atoms with E-state index in [1.807, 2.05) is 29.9 Å². The third-order valence-corrected chi connectivity index (χ3v) is 5.28. The van der Waals surface area contributed by atoms with Crippen molar-refractivity contribution in [2.45, 2.75) is 39.3 Å². The van der Waals surface area contributed by atoms with Gasteiger partial charge in [0, 0.05) is 44.1 Å². The Hall–Kier alpha value is -2.34. The number of rotatable bonds is 7. The first kappa shape index (κ1) is 19.4. The number of likely N-dealkylation sites (tertiary alicyclic amines) is 1. The summed E-state index contributed by atoms with van der Waals surface area (Å²) < 4.78 is 7.65. The van der Waals surface area contributed by atoms with Crippen molar-refractivity contribution >= 4 is 5.91 Å². The maximum Gasteiger partial charge on any atom is 0.251 e. The molecule has 0 aliphatic carbocycles. The Labute approximate surface area is 161 Å². The number of benzene rings is 1. The second-order valence-corrected chi connectivity index (χ2v) is 7.57. The fraction of sp³-hybridized carbons (Fsp3) is 0.524. The molecule has 0 radical (unpaired) electrons. The first-order valence-electron chi connectivity index (χ1n) is 9.74. The van der Waals surface area contributed by atoms with Gasteiger partial charge in [-0.25, -0.2) is 4.98 Å². The maximum absolute atomic E-state index is 12.4. The lowest BCUT2D eigenvalue weighted by Gasteiger charge is -2.35. The van der Waals surface area contributed by atoms with E-state index >= 15 is 0 Å². The molecule has 3 rings (SSSR count). The molecular formula is C21H30N4O2. The van der Waals surface area contributed by atoms with E-state index in [4.69, 9.17) is 4.74 Å². The normalized spacial score (nSPS) is 18.9. The minimum absolute atomic E-state index is 0.0393. The molecule has 27 heavy (non-hydrogen) atoms. The summed E-state index contributed by atoms with van der Waals surface area (Å²) in [5, 5.41) is 3.06. The van der Waals surface area contributed by atoms with Crippen LogP contribution in [0, 0.1) is 5.92 Å². The van der Waals surface area contributed by atoms with E-state index in [1.165, 1.54) is 12.8 Å². The van der Waals surface area contributed by atoms with Gasteiger partial charge in [-0.05, 0) is 56.5 Å². The molecule has 1 saturated heterocycles. The molecule has 146 valence electrons. The van der Waals surface area contributed by atoms with Crippen LogP contribution in [0.1, 0.15) is 42.9 Å². The average molecular weight is 370 g/mol. The van der Waals surface area contributed by atoms with Crippen molar-refractivity contribution in [1.29, 1.82) is 0 Å². The number of carbonyl (C=O) groups excluding carboxylic acids is 1. The minimum atomic E-state index is -0.0393. The second kappa shape index (κ2) is 9.04. The highest BCUT2D eigenvalue weighted by atomic mass is 16.5. The minimum Gasteiger partial charge on any atom is -0.486 e. The van der Waals surface area contributed by atoms with Crippen LogP contribution in [0.2, 0.25) is 0 Å². The highest BCUT2D eigenvalue weighted by molar-refractivity contribution is 5.94. The summed E-state index contributed by atoms with van der Waals surface area (Å²) in [6.45, 7) is 7.81. The number of imidazole rings is 1. The number of aromatic nitrogens is 2. The Morgan fingerprint density at radius 3 is 2.81 bits per heavy atom. The predicted molar refractivity (Wildman–Crippen MR) is 106 cm³/mol. The Bertz CT molecular complexity index is 741. The molecule has 6 heteroatoms. The topological polar surface area (TPSA) is 59.4 Å². The van der Waals surface area contributed by atoms with E-state index in [9.17, 15) is 4.79 Å². The third-order valence-electron chi connectivity index (χ3n) is 5.28. The molecule has 1 fully saturated rings. The zero-order valence-electron chi connectivity index (χ0n) is 16.5. The van der Waals surface area contributed by atoms with Crippen LogP contribution in [-0.4, -0.2) is 46.0 Å². The number of amides is 1. The Kier molecular flexibility index (Phi) is 6.50. The molecule has 1 N–H and O–H groups in total. The largest absolute Gasteiger partial charge is 0.486 e. The maximum atomic E-state index is 12.4. The number of hydrogen-bond donors (Lipinski definition) is 1. The van der Waals surface area contributed by atoms with Crippen LogP contribution >= 0.6 is 0 Å².